The molecule has 2 heterocycles. The molecule has 4 rings (SSSR count). The first kappa shape index (κ1) is 21.5. The van der Waals surface area contributed by atoms with Crippen LogP contribution < -0.4 is 5.56 Å². The number of hydrogen-bond donors (Lipinski definition) is 3. The van der Waals surface area contributed by atoms with Gasteiger partial charge in [0.2, 0.25) is 0 Å². The average Bonchev–Trinajstić information content (AvgIpc) is 3.19. The molecule has 0 radical (unpaired) electrons. The number of alkyl halides is 3. The number of aromatic nitrogens is 3. The Morgan fingerprint density at radius 2 is 1.91 bits per heavy atom. The van der Waals surface area contributed by atoms with E-state index in [4.69, 9.17) is 0 Å². The summed E-state index contributed by atoms with van der Waals surface area (Å²) in [6, 6.07) is 14.3. The van der Waals surface area contributed by atoms with Crippen LogP contribution in [0.15, 0.2) is 70.6 Å². The maximum absolute atomic E-state index is 13.0. The second kappa shape index (κ2) is 8.80. The van der Waals surface area contributed by atoms with Crippen molar-refractivity contribution in [1.29, 1.82) is 0 Å². The Bertz CT molecular complexity index is 1310. The first-order valence-electron chi connectivity index (χ1n) is 9.83. The summed E-state index contributed by atoms with van der Waals surface area (Å²) in [5.41, 5.74) is 0.571. The van der Waals surface area contributed by atoms with Gasteiger partial charge in [-0.05, 0) is 36.2 Å². The summed E-state index contributed by atoms with van der Waals surface area (Å²) in [5, 5.41) is 9.72. The van der Waals surface area contributed by atoms with Crippen molar-refractivity contribution in [2.45, 2.75) is 12.6 Å². The molecule has 0 saturated heterocycles. The van der Waals surface area contributed by atoms with Crippen LogP contribution in [0.5, 0.6) is 0 Å². The summed E-state index contributed by atoms with van der Waals surface area (Å²) >= 11 is 0. The third kappa shape index (κ3) is 4.62. The van der Waals surface area contributed by atoms with Crippen molar-refractivity contribution in [1.82, 2.24) is 15.0 Å². The van der Waals surface area contributed by atoms with Crippen molar-refractivity contribution in [2.75, 3.05) is 6.61 Å². The van der Waals surface area contributed by atoms with Gasteiger partial charge >= 0.3 is 6.18 Å². The van der Waals surface area contributed by atoms with Gasteiger partial charge in [0, 0.05) is 18.3 Å². The number of fused-ring (bicyclic) bond motifs is 1. The molecule has 164 valence electrons. The van der Waals surface area contributed by atoms with Crippen LogP contribution in [0.4, 0.5) is 18.9 Å². The molecule has 0 aliphatic rings. The van der Waals surface area contributed by atoms with Gasteiger partial charge in [0.1, 0.15) is 11.4 Å². The van der Waals surface area contributed by atoms with Crippen molar-refractivity contribution in [2.24, 2.45) is 10.9 Å². The van der Waals surface area contributed by atoms with Crippen LogP contribution in [0.2, 0.25) is 0 Å². The van der Waals surface area contributed by atoms with E-state index in [-0.39, 0.29) is 35.1 Å². The van der Waals surface area contributed by atoms with E-state index in [2.05, 4.69) is 19.9 Å². The lowest BCUT2D eigenvalue weighted by Gasteiger charge is -2.09. The van der Waals surface area contributed by atoms with Gasteiger partial charge in [0.15, 0.2) is 0 Å². The van der Waals surface area contributed by atoms with E-state index in [0.717, 1.165) is 17.7 Å². The zero-order chi connectivity index (χ0) is 22.7. The minimum atomic E-state index is -4.49. The number of aliphatic hydroxyl groups excluding tert-OH is 1. The highest BCUT2D eigenvalue weighted by atomic mass is 19.4. The highest BCUT2D eigenvalue weighted by molar-refractivity contribution is 5.83. The smallest absolute Gasteiger partial charge is 0.396 e. The lowest BCUT2D eigenvalue weighted by Crippen LogP contribution is -2.12. The second-order valence-electron chi connectivity index (χ2n) is 7.29. The van der Waals surface area contributed by atoms with Crippen LogP contribution in [0.3, 0.4) is 0 Å². The molecule has 0 bridgehead atoms. The number of aromatic amines is 2. The summed E-state index contributed by atoms with van der Waals surface area (Å²) in [4.78, 5) is 26.5. The third-order valence-electron chi connectivity index (χ3n) is 4.98. The van der Waals surface area contributed by atoms with E-state index in [0.29, 0.717) is 11.9 Å². The molecule has 0 amide bonds. The molecule has 0 aliphatic carbocycles. The fourth-order valence-corrected chi connectivity index (χ4v) is 3.38. The van der Waals surface area contributed by atoms with E-state index in [1.54, 1.807) is 12.3 Å². The molecule has 32 heavy (non-hydrogen) atoms. The minimum absolute atomic E-state index is 0.102. The first-order valence-corrected chi connectivity index (χ1v) is 9.83. The number of aliphatic hydroxyl groups is 1. The van der Waals surface area contributed by atoms with Crippen LogP contribution in [0.1, 0.15) is 11.1 Å². The molecule has 9 heteroatoms. The van der Waals surface area contributed by atoms with Gasteiger partial charge in [0.05, 0.1) is 28.9 Å². The molecule has 0 saturated carbocycles. The third-order valence-corrected chi connectivity index (χ3v) is 4.98. The Morgan fingerprint density at radius 1 is 1.12 bits per heavy atom. The lowest BCUT2D eigenvalue weighted by molar-refractivity contribution is -0.137. The molecular weight excluding hydrogens is 421 g/mol. The Balaban J connectivity index is 1.69. The predicted molar refractivity (Wildman–Crippen MR) is 116 cm³/mol. The summed E-state index contributed by atoms with van der Waals surface area (Å²) < 4.78 is 39.0. The Morgan fingerprint density at radius 3 is 2.62 bits per heavy atom. The summed E-state index contributed by atoms with van der Waals surface area (Å²) in [6.07, 6.45) is -0.939. The summed E-state index contributed by atoms with van der Waals surface area (Å²) in [5.74, 6) is -0.175. The maximum Gasteiger partial charge on any atom is 0.416 e. The SMILES string of the molecule is O=c1[nH]ccc(N=CC(CO)Cc2ccccc2)c1-c1nc2ccc(C(F)(F)F)cc2[nH]1. The van der Waals surface area contributed by atoms with Crippen molar-refractivity contribution in [3.05, 3.63) is 82.3 Å². The van der Waals surface area contributed by atoms with Crippen LogP contribution in [-0.2, 0) is 12.6 Å². The summed E-state index contributed by atoms with van der Waals surface area (Å²) in [6.45, 7) is -0.137. The largest absolute Gasteiger partial charge is 0.416 e. The number of nitrogens with zero attached hydrogens (tertiary/aromatic N) is 2. The molecular formula is C23H19F3N4O2. The Labute approximate surface area is 180 Å². The van der Waals surface area contributed by atoms with Crippen molar-refractivity contribution >= 4 is 22.9 Å². The van der Waals surface area contributed by atoms with Crippen molar-refractivity contribution in [3.63, 3.8) is 0 Å². The second-order valence-corrected chi connectivity index (χ2v) is 7.29. The fraction of sp³-hybridized carbons (Fsp3) is 0.174. The fourth-order valence-electron chi connectivity index (χ4n) is 3.38. The number of benzene rings is 2. The van der Waals surface area contributed by atoms with Crippen LogP contribution in [-0.4, -0.2) is 32.9 Å². The standard InChI is InChI=1S/C23H19F3N4O2/c24-23(25,26)16-6-7-17-19(11-16)30-21(29-17)20-18(8-9-27-22(20)32)28-12-15(13-31)10-14-4-2-1-3-5-14/h1-9,11-12,15,31H,10,13H2,(H,27,32)(H,29,30). The average molecular weight is 440 g/mol. The van der Waals surface area contributed by atoms with Gasteiger partial charge in [-0.25, -0.2) is 4.98 Å². The molecule has 3 N–H and O–H groups in total. The first-order chi connectivity index (χ1) is 15.3. The molecule has 2 aromatic heterocycles. The number of rotatable bonds is 6. The van der Waals surface area contributed by atoms with Crippen LogP contribution in [0.25, 0.3) is 22.4 Å². The van der Waals surface area contributed by atoms with Crippen LogP contribution in [0, 0.1) is 5.92 Å². The lowest BCUT2D eigenvalue weighted by atomic mass is 10.0. The number of hydrogen-bond acceptors (Lipinski definition) is 4. The Hall–Kier alpha value is -3.72. The van der Waals surface area contributed by atoms with Crippen molar-refractivity contribution in [3.8, 4) is 11.4 Å². The molecule has 6 nitrogen and oxygen atoms in total. The van der Waals surface area contributed by atoms with E-state index >= 15 is 0 Å². The van der Waals surface area contributed by atoms with Gasteiger partial charge < -0.3 is 15.1 Å². The number of nitrogens with one attached hydrogen (secondary N) is 2. The molecule has 1 atom stereocenters. The number of pyridine rings is 1. The number of H-pyrrole nitrogens is 2. The van der Waals surface area contributed by atoms with Gasteiger partial charge in [-0.15, -0.1) is 0 Å². The number of aliphatic imine (C=N–C) groups is 1. The molecule has 2 aromatic carbocycles. The van der Waals surface area contributed by atoms with E-state index in [1.807, 2.05) is 30.3 Å². The van der Waals surface area contributed by atoms with Crippen molar-refractivity contribution < 1.29 is 18.3 Å². The zero-order valence-electron chi connectivity index (χ0n) is 16.7. The van der Waals surface area contributed by atoms with E-state index in [9.17, 15) is 23.1 Å². The number of halogens is 3. The normalized spacial score (nSPS) is 13.1. The maximum atomic E-state index is 13.0. The van der Waals surface area contributed by atoms with Crippen LogP contribution >= 0.6 is 0 Å². The van der Waals surface area contributed by atoms with E-state index < -0.39 is 17.3 Å². The van der Waals surface area contributed by atoms with Gasteiger partial charge in [-0.2, -0.15) is 13.2 Å². The summed E-state index contributed by atoms with van der Waals surface area (Å²) in [7, 11) is 0. The topological polar surface area (TPSA) is 94.1 Å². The van der Waals surface area contributed by atoms with E-state index in [1.165, 1.54) is 12.3 Å². The molecule has 1 unspecified atom stereocenters. The molecule has 4 aromatic rings. The zero-order valence-corrected chi connectivity index (χ0v) is 16.7. The minimum Gasteiger partial charge on any atom is -0.396 e. The molecule has 0 spiro atoms. The van der Waals surface area contributed by atoms with Gasteiger partial charge in [0.25, 0.3) is 5.56 Å². The quantitative estimate of drug-likeness (QED) is 0.386. The predicted octanol–water partition coefficient (Wildman–Crippen LogP) is 4.49. The van der Waals surface area contributed by atoms with Gasteiger partial charge in [-0.1, -0.05) is 30.3 Å². The highest BCUT2D eigenvalue weighted by Gasteiger charge is 2.30. The highest BCUT2D eigenvalue weighted by Crippen LogP contribution is 2.32. The Kier molecular flexibility index (Phi) is 5.91. The number of imidazole rings is 1. The molecule has 0 aliphatic heterocycles. The van der Waals surface area contributed by atoms with Gasteiger partial charge in [-0.3, -0.25) is 9.79 Å². The molecule has 0 fully saturated rings. The monoisotopic (exact) mass is 440 g/mol.